The highest BCUT2D eigenvalue weighted by Crippen LogP contribution is 2.10. The van der Waals surface area contributed by atoms with E-state index in [0.717, 1.165) is 0 Å². The summed E-state index contributed by atoms with van der Waals surface area (Å²) in [6.07, 6.45) is 0. The van der Waals surface area contributed by atoms with E-state index in [1.54, 1.807) is 6.92 Å². The van der Waals surface area contributed by atoms with Gasteiger partial charge in [-0.2, -0.15) is 0 Å². The van der Waals surface area contributed by atoms with Gasteiger partial charge in [0.2, 0.25) is 0 Å². The van der Waals surface area contributed by atoms with Crippen LogP contribution in [0.2, 0.25) is 0 Å². The first kappa shape index (κ1) is 11.7. The van der Waals surface area contributed by atoms with E-state index in [1.807, 2.05) is 13.8 Å². The number of thioether (sulfide) groups is 1. The second-order valence-corrected chi connectivity index (χ2v) is 4.91. The number of nitrogens with one attached hydrogen (secondary N) is 1. The number of carboxylic acids is 1. The molecule has 0 saturated carbocycles. The fourth-order valence-electron chi connectivity index (χ4n) is 0.487. The minimum absolute atomic E-state index is 0.381. The predicted octanol–water partition coefficient (Wildman–Crippen LogP) is 1.48. The molecule has 3 nitrogen and oxygen atoms in total. The fraction of sp³-hybridized carbons (Fsp3) is 0.714. The first-order chi connectivity index (χ1) is 5.43. The van der Waals surface area contributed by atoms with Gasteiger partial charge in [0.25, 0.3) is 0 Å². The molecule has 0 aromatic carbocycles. The van der Waals surface area contributed by atoms with Crippen molar-refractivity contribution in [3.05, 3.63) is 0 Å². The van der Waals surface area contributed by atoms with Crippen LogP contribution in [0, 0.1) is 0 Å². The van der Waals surface area contributed by atoms with E-state index in [2.05, 4.69) is 5.32 Å². The van der Waals surface area contributed by atoms with Crippen LogP contribution in [0.1, 0.15) is 20.8 Å². The van der Waals surface area contributed by atoms with Crippen molar-refractivity contribution in [3.63, 3.8) is 0 Å². The molecule has 0 aromatic rings. The summed E-state index contributed by atoms with van der Waals surface area (Å²) in [7, 11) is 0. The zero-order valence-electron chi connectivity index (χ0n) is 7.33. The van der Waals surface area contributed by atoms with E-state index in [0.29, 0.717) is 9.57 Å². The fourth-order valence-corrected chi connectivity index (χ4v) is 1.91. The maximum Gasteiger partial charge on any atom is 0.325 e. The molecule has 0 saturated heterocycles. The monoisotopic (exact) mass is 207 g/mol. The maximum absolute atomic E-state index is 10.4. The lowest BCUT2D eigenvalue weighted by molar-refractivity contribution is -0.138. The minimum atomic E-state index is -0.887. The van der Waals surface area contributed by atoms with E-state index in [1.165, 1.54) is 11.8 Å². The highest BCUT2D eigenvalue weighted by atomic mass is 32.2. The van der Waals surface area contributed by atoms with E-state index in [9.17, 15) is 4.79 Å². The van der Waals surface area contributed by atoms with Crippen LogP contribution in [-0.2, 0) is 4.79 Å². The number of thiocarbonyl (C=S) groups is 1. The molecule has 0 amide bonds. The molecule has 0 aliphatic heterocycles. The van der Waals surface area contributed by atoms with Crippen LogP contribution in [0.4, 0.5) is 0 Å². The lowest BCUT2D eigenvalue weighted by Gasteiger charge is -2.12. The summed E-state index contributed by atoms with van der Waals surface area (Å²) < 4.78 is 0.542. The molecule has 0 aliphatic rings. The Bertz CT molecular complexity index is 182. The number of carbonyl (C=O) groups is 1. The smallest absolute Gasteiger partial charge is 0.325 e. The largest absolute Gasteiger partial charge is 0.480 e. The van der Waals surface area contributed by atoms with Gasteiger partial charge in [0.15, 0.2) is 0 Å². The van der Waals surface area contributed by atoms with Crippen molar-refractivity contribution in [1.82, 2.24) is 5.32 Å². The van der Waals surface area contributed by atoms with Crippen LogP contribution in [0.3, 0.4) is 0 Å². The molecular weight excluding hydrogens is 194 g/mol. The lowest BCUT2D eigenvalue weighted by atomic mass is 10.4. The van der Waals surface area contributed by atoms with Gasteiger partial charge < -0.3 is 10.4 Å². The van der Waals surface area contributed by atoms with Crippen LogP contribution in [0.15, 0.2) is 0 Å². The van der Waals surface area contributed by atoms with Gasteiger partial charge >= 0.3 is 5.97 Å². The van der Waals surface area contributed by atoms with E-state index in [4.69, 9.17) is 17.3 Å². The summed E-state index contributed by atoms with van der Waals surface area (Å²) in [6, 6.07) is -0.608. The molecule has 5 heteroatoms. The summed E-state index contributed by atoms with van der Waals surface area (Å²) in [4.78, 5) is 10.4. The Labute approximate surface area is 81.9 Å². The van der Waals surface area contributed by atoms with Gasteiger partial charge in [-0.15, -0.1) is 0 Å². The summed E-state index contributed by atoms with van der Waals surface area (Å²) in [5.74, 6) is -0.887. The van der Waals surface area contributed by atoms with Gasteiger partial charge in [0.05, 0.1) is 0 Å². The van der Waals surface area contributed by atoms with Gasteiger partial charge in [-0.05, 0) is 6.92 Å². The Kier molecular flexibility index (Phi) is 5.24. The summed E-state index contributed by atoms with van der Waals surface area (Å²) in [6.45, 7) is 5.57. The summed E-state index contributed by atoms with van der Waals surface area (Å²) in [5, 5.41) is 11.6. The van der Waals surface area contributed by atoms with Crippen LogP contribution in [0.5, 0.6) is 0 Å². The Morgan fingerprint density at radius 3 is 2.33 bits per heavy atom. The Morgan fingerprint density at radius 1 is 1.50 bits per heavy atom. The topological polar surface area (TPSA) is 49.3 Å². The SMILES string of the molecule is CC(C)SC(=S)N[C@@H](C)C(=O)O. The third kappa shape index (κ3) is 5.37. The molecule has 0 fully saturated rings. The molecule has 0 heterocycles. The van der Waals surface area contributed by atoms with Crippen LogP contribution in [-0.4, -0.2) is 26.7 Å². The van der Waals surface area contributed by atoms with Crippen molar-refractivity contribution in [2.24, 2.45) is 0 Å². The number of rotatable bonds is 3. The first-order valence-electron chi connectivity index (χ1n) is 3.63. The summed E-state index contributed by atoms with van der Waals surface area (Å²) >= 11 is 6.37. The first-order valence-corrected chi connectivity index (χ1v) is 4.92. The van der Waals surface area contributed by atoms with Crippen molar-refractivity contribution < 1.29 is 9.90 Å². The standard InChI is InChI=1S/C7H13NO2S2/c1-4(2)12-7(11)8-5(3)6(9)10/h4-5H,1-3H3,(H,8,11)(H,9,10)/t5-/m0/s1. The zero-order valence-corrected chi connectivity index (χ0v) is 8.96. The second-order valence-electron chi connectivity index (χ2n) is 2.66. The average Bonchev–Trinajstić information content (AvgIpc) is 1.84. The molecule has 0 aliphatic carbocycles. The average molecular weight is 207 g/mol. The normalized spacial score (nSPS) is 12.7. The van der Waals surface area contributed by atoms with Crippen molar-refractivity contribution >= 4 is 34.3 Å². The van der Waals surface area contributed by atoms with Crippen molar-refractivity contribution in [2.75, 3.05) is 0 Å². The van der Waals surface area contributed by atoms with E-state index < -0.39 is 12.0 Å². The van der Waals surface area contributed by atoms with Crippen molar-refractivity contribution in [3.8, 4) is 0 Å². The molecule has 1 atom stereocenters. The molecular formula is C7H13NO2S2. The van der Waals surface area contributed by atoms with Gasteiger partial charge in [-0.1, -0.05) is 37.8 Å². The molecule has 0 radical (unpaired) electrons. The van der Waals surface area contributed by atoms with E-state index >= 15 is 0 Å². The number of hydrogen-bond donors (Lipinski definition) is 2. The third-order valence-corrected chi connectivity index (χ3v) is 2.26. The number of hydrogen-bond acceptors (Lipinski definition) is 3. The van der Waals surface area contributed by atoms with Gasteiger partial charge in [-0.25, -0.2) is 0 Å². The molecule has 0 spiro atoms. The minimum Gasteiger partial charge on any atom is -0.480 e. The van der Waals surface area contributed by atoms with Crippen molar-refractivity contribution in [1.29, 1.82) is 0 Å². The summed E-state index contributed by atoms with van der Waals surface area (Å²) in [5.41, 5.74) is 0. The molecule has 0 unspecified atom stereocenters. The van der Waals surface area contributed by atoms with Crippen LogP contribution < -0.4 is 5.32 Å². The van der Waals surface area contributed by atoms with E-state index in [-0.39, 0.29) is 0 Å². The van der Waals surface area contributed by atoms with Crippen molar-refractivity contribution in [2.45, 2.75) is 32.1 Å². The maximum atomic E-state index is 10.4. The highest BCUT2D eigenvalue weighted by Gasteiger charge is 2.12. The molecule has 0 aromatic heterocycles. The Morgan fingerprint density at radius 2 is 2.00 bits per heavy atom. The quantitative estimate of drug-likeness (QED) is 0.686. The molecule has 0 rings (SSSR count). The Hall–Kier alpha value is -0.290. The highest BCUT2D eigenvalue weighted by molar-refractivity contribution is 8.23. The van der Waals surface area contributed by atoms with Gasteiger partial charge in [-0.3, -0.25) is 4.79 Å². The third-order valence-electron chi connectivity index (χ3n) is 1.05. The number of aliphatic carboxylic acids is 1. The van der Waals surface area contributed by atoms with Gasteiger partial charge in [0, 0.05) is 5.25 Å². The molecule has 12 heavy (non-hydrogen) atoms. The molecule has 2 N–H and O–H groups in total. The predicted molar refractivity (Wildman–Crippen MR) is 55.6 cm³/mol. The van der Waals surface area contributed by atoms with Crippen LogP contribution in [0.25, 0.3) is 0 Å². The lowest BCUT2D eigenvalue weighted by Crippen LogP contribution is -2.36. The Balaban J connectivity index is 3.77. The molecule has 0 bridgehead atoms. The number of carboxylic acid groups (broad SMARTS) is 1. The second kappa shape index (κ2) is 5.37. The molecule has 70 valence electrons. The van der Waals surface area contributed by atoms with Gasteiger partial charge in [0.1, 0.15) is 10.4 Å². The van der Waals surface area contributed by atoms with Crippen LogP contribution >= 0.6 is 24.0 Å². The zero-order chi connectivity index (χ0) is 9.72.